The lowest BCUT2D eigenvalue weighted by molar-refractivity contribution is -0.141. The molecule has 9 heteroatoms. The number of aliphatic imine (C=N–C) groups is 1. The highest BCUT2D eigenvalue weighted by molar-refractivity contribution is 8.14. The Bertz CT molecular complexity index is 624. The van der Waals surface area contributed by atoms with E-state index in [-0.39, 0.29) is 47.2 Å². The van der Waals surface area contributed by atoms with E-state index < -0.39 is 5.97 Å². The molecular formula is C18H28N4O4S. The normalized spacial score (nSPS) is 26.2. The van der Waals surface area contributed by atoms with Gasteiger partial charge in [0.05, 0.1) is 12.1 Å². The van der Waals surface area contributed by atoms with Crippen LogP contribution in [0.3, 0.4) is 0 Å². The first-order chi connectivity index (χ1) is 12.8. The largest absolute Gasteiger partial charge is 0.461 e. The second-order valence-electron chi connectivity index (χ2n) is 6.92. The number of rotatable bonds is 7. The van der Waals surface area contributed by atoms with Crippen LogP contribution in [-0.2, 0) is 19.1 Å². The highest BCUT2D eigenvalue weighted by Crippen LogP contribution is 2.29. The number of nitrogens with zero attached hydrogens (tertiary/aromatic N) is 3. The van der Waals surface area contributed by atoms with Gasteiger partial charge in [-0.3, -0.25) is 24.3 Å². The lowest BCUT2D eigenvalue weighted by atomic mass is 10.2. The molecule has 2 aliphatic rings. The zero-order chi connectivity index (χ0) is 20.0. The van der Waals surface area contributed by atoms with Crippen molar-refractivity contribution in [3.8, 4) is 0 Å². The zero-order valence-electron chi connectivity index (χ0n) is 15.9. The van der Waals surface area contributed by atoms with Gasteiger partial charge in [-0.25, -0.2) is 0 Å². The van der Waals surface area contributed by atoms with Gasteiger partial charge in [-0.15, -0.1) is 0 Å². The fourth-order valence-corrected chi connectivity index (χ4v) is 4.51. The summed E-state index contributed by atoms with van der Waals surface area (Å²) in [5.41, 5.74) is 5.83. The van der Waals surface area contributed by atoms with E-state index in [1.54, 1.807) is 11.8 Å². The molecule has 0 spiro atoms. The molecule has 150 valence electrons. The van der Waals surface area contributed by atoms with Crippen LogP contribution in [-0.4, -0.2) is 83.2 Å². The molecule has 0 bridgehead atoms. The van der Waals surface area contributed by atoms with Crippen molar-refractivity contribution in [2.45, 2.75) is 43.5 Å². The van der Waals surface area contributed by atoms with Gasteiger partial charge >= 0.3 is 5.97 Å². The van der Waals surface area contributed by atoms with Gasteiger partial charge in [-0.2, -0.15) is 0 Å². The maximum absolute atomic E-state index is 12.8. The highest BCUT2D eigenvalue weighted by Gasteiger charge is 2.39. The summed E-state index contributed by atoms with van der Waals surface area (Å²) in [7, 11) is 1.92. The molecule has 0 aromatic heterocycles. The van der Waals surface area contributed by atoms with Crippen LogP contribution < -0.4 is 5.73 Å². The standard InChI is InChI=1S/C18H28N4O4S/c1-4-7-26-17(24)9-16(19)20-13-5-6-22(10-13)18(25)15-8-14(11-21(15)3)27-12(2)23/h4,13-15H,1,5-11H2,2-3H3,(H2,19,20)/t13-,14-,15-/m0/s1. The third-order valence-corrected chi connectivity index (χ3v) is 5.65. The topological polar surface area (TPSA) is 105 Å². The number of carbonyl (C=O) groups excluding carboxylic acids is 3. The molecule has 0 aromatic rings. The van der Waals surface area contributed by atoms with Gasteiger partial charge in [0.2, 0.25) is 5.91 Å². The Morgan fingerprint density at radius 3 is 2.78 bits per heavy atom. The molecule has 27 heavy (non-hydrogen) atoms. The predicted molar refractivity (Wildman–Crippen MR) is 105 cm³/mol. The lowest BCUT2D eigenvalue weighted by Crippen LogP contribution is -2.43. The number of likely N-dealkylation sites (N-methyl/N-ethyl adjacent to an activating group) is 1. The fraction of sp³-hybridized carbons (Fsp3) is 0.667. The Morgan fingerprint density at radius 1 is 1.37 bits per heavy atom. The number of likely N-dealkylation sites (tertiary alicyclic amines) is 2. The van der Waals surface area contributed by atoms with Crippen LogP contribution in [0.5, 0.6) is 0 Å². The molecule has 0 radical (unpaired) electrons. The summed E-state index contributed by atoms with van der Waals surface area (Å²) >= 11 is 1.31. The minimum Gasteiger partial charge on any atom is -0.461 e. The molecule has 0 aliphatic carbocycles. The smallest absolute Gasteiger partial charge is 0.313 e. The van der Waals surface area contributed by atoms with Gasteiger partial charge in [0.25, 0.3) is 0 Å². The molecule has 2 saturated heterocycles. The lowest BCUT2D eigenvalue weighted by Gasteiger charge is -2.24. The van der Waals surface area contributed by atoms with E-state index in [4.69, 9.17) is 10.5 Å². The van der Waals surface area contributed by atoms with Crippen LogP contribution in [0.15, 0.2) is 17.6 Å². The van der Waals surface area contributed by atoms with Crippen LogP contribution >= 0.6 is 11.8 Å². The van der Waals surface area contributed by atoms with Crippen LogP contribution in [0.25, 0.3) is 0 Å². The summed E-state index contributed by atoms with van der Waals surface area (Å²) in [5.74, 6) is -0.145. The van der Waals surface area contributed by atoms with E-state index in [1.165, 1.54) is 17.8 Å². The molecule has 3 atom stereocenters. The van der Waals surface area contributed by atoms with Gasteiger partial charge in [0, 0.05) is 31.8 Å². The van der Waals surface area contributed by atoms with Crippen molar-refractivity contribution < 1.29 is 19.1 Å². The fourth-order valence-electron chi connectivity index (χ4n) is 3.45. The number of hydrogen-bond acceptors (Lipinski definition) is 7. The number of thioether (sulfide) groups is 1. The SMILES string of the molecule is C=CCOC(=O)CC(N)=N[C@H]1CCN(C(=O)[C@@H]2C[C@H](SC(C)=O)CN2C)C1. The second kappa shape index (κ2) is 9.89. The summed E-state index contributed by atoms with van der Waals surface area (Å²) in [6.45, 7) is 7.03. The van der Waals surface area contributed by atoms with Crippen LogP contribution in [0.1, 0.15) is 26.2 Å². The first-order valence-corrected chi connectivity index (χ1v) is 9.93. The van der Waals surface area contributed by atoms with E-state index in [0.29, 0.717) is 19.5 Å². The number of nitrogens with two attached hydrogens (primary N) is 1. The van der Waals surface area contributed by atoms with Gasteiger partial charge in [-0.05, 0) is 19.9 Å². The predicted octanol–water partition coefficient (Wildman–Crippen LogP) is 0.416. The van der Waals surface area contributed by atoms with E-state index in [9.17, 15) is 14.4 Å². The minimum atomic E-state index is -0.441. The van der Waals surface area contributed by atoms with Crippen LogP contribution in [0.4, 0.5) is 0 Å². The molecule has 0 unspecified atom stereocenters. The monoisotopic (exact) mass is 396 g/mol. The van der Waals surface area contributed by atoms with Crippen molar-refractivity contribution in [2.75, 3.05) is 33.3 Å². The number of carbonyl (C=O) groups is 3. The number of amides is 1. The van der Waals surface area contributed by atoms with E-state index >= 15 is 0 Å². The molecule has 0 aromatic carbocycles. The summed E-state index contributed by atoms with van der Waals surface area (Å²) < 4.78 is 4.89. The number of esters is 1. The average Bonchev–Trinajstić information content (AvgIpc) is 3.18. The molecule has 2 rings (SSSR count). The molecular weight excluding hydrogens is 368 g/mol. The maximum Gasteiger partial charge on any atom is 0.313 e. The third kappa shape index (κ3) is 6.35. The van der Waals surface area contributed by atoms with Crippen molar-refractivity contribution in [3.05, 3.63) is 12.7 Å². The van der Waals surface area contributed by atoms with Gasteiger partial charge in [0.15, 0.2) is 5.12 Å². The van der Waals surface area contributed by atoms with Crippen molar-refractivity contribution >= 4 is 34.6 Å². The zero-order valence-corrected chi connectivity index (χ0v) is 16.7. The van der Waals surface area contributed by atoms with E-state index in [2.05, 4.69) is 11.6 Å². The van der Waals surface area contributed by atoms with Crippen molar-refractivity contribution in [3.63, 3.8) is 0 Å². The molecule has 1 amide bonds. The molecule has 8 nitrogen and oxygen atoms in total. The molecule has 2 N–H and O–H groups in total. The number of ether oxygens (including phenoxy) is 1. The maximum atomic E-state index is 12.8. The first-order valence-electron chi connectivity index (χ1n) is 9.05. The van der Waals surface area contributed by atoms with Gasteiger partial charge in [-0.1, -0.05) is 24.4 Å². The third-order valence-electron chi connectivity index (χ3n) is 4.64. The Morgan fingerprint density at radius 2 is 2.11 bits per heavy atom. The molecule has 0 saturated carbocycles. The Labute approximate surface area is 164 Å². The van der Waals surface area contributed by atoms with Crippen molar-refractivity contribution in [1.29, 1.82) is 0 Å². The van der Waals surface area contributed by atoms with Crippen molar-refractivity contribution in [1.82, 2.24) is 9.80 Å². The highest BCUT2D eigenvalue weighted by atomic mass is 32.2. The number of amidine groups is 1. The van der Waals surface area contributed by atoms with Gasteiger partial charge in [0.1, 0.15) is 18.9 Å². The average molecular weight is 397 g/mol. The Balaban J connectivity index is 1.85. The minimum absolute atomic E-state index is 0.0619. The van der Waals surface area contributed by atoms with Crippen LogP contribution in [0, 0.1) is 0 Å². The summed E-state index contributed by atoms with van der Waals surface area (Å²) in [6.07, 6.45) is 2.83. The Hall–Kier alpha value is -1.87. The summed E-state index contributed by atoms with van der Waals surface area (Å²) in [5, 5.41) is 0.245. The molecule has 2 aliphatic heterocycles. The van der Waals surface area contributed by atoms with Gasteiger partial charge < -0.3 is 15.4 Å². The molecule has 2 fully saturated rings. The van der Waals surface area contributed by atoms with Crippen molar-refractivity contribution in [2.24, 2.45) is 10.7 Å². The first kappa shape index (κ1) is 21.4. The van der Waals surface area contributed by atoms with E-state index in [1.807, 2.05) is 11.9 Å². The quantitative estimate of drug-likeness (QED) is 0.288. The van der Waals surface area contributed by atoms with E-state index in [0.717, 1.165) is 13.0 Å². The molecule has 2 heterocycles. The van der Waals surface area contributed by atoms with Crippen LogP contribution in [0.2, 0.25) is 0 Å². The second-order valence-corrected chi connectivity index (χ2v) is 8.40. The summed E-state index contributed by atoms with van der Waals surface area (Å²) in [4.78, 5) is 43.9. The Kier molecular flexibility index (Phi) is 7.85. The number of hydrogen-bond donors (Lipinski definition) is 1. The summed E-state index contributed by atoms with van der Waals surface area (Å²) in [6, 6.07) is -0.300.